The number of carbonyl (C=O) groups is 1. The van der Waals surface area contributed by atoms with Crippen molar-refractivity contribution in [1.82, 2.24) is 9.97 Å². The SMILES string of the molecule is O=C(Nc1ccc(-c2ccccc2)cn1)c1nccs1. The van der Waals surface area contributed by atoms with Gasteiger partial charge in [-0.3, -0.25) is 4.79 Å². The van der Waals surface area contributed by atoms with Crippen LogP contribution in [0.5, 0.6) is 0 Å². The van der Waals surface area contributed by atoms with E-state index in [2.05, 4.69) is 15.3 Å². The molecule has 0 fully saturated rings. The maximum Gasteiger partial charge on any atom is 0.285 e. The quantitative estimate of drug-likeness (QED) is 0.800. The summed E-state index contributed by atoms with van der Waals surface area (Å²) < 4.78 is 0. The highest BCUT2D eigenvalue weighted by Gasteiger charge is 2.09. The maximum atomic E-state index is 11.8. The van der Waals surface area contributed by atoms with E-state index < -0.39 is 0 Å². The molecule has 0 bridgehead atoms. The van der Waals surface area contributed by atoms with E-state index in [1.807, 2.05) is 36.4 Å². The highest BCUT2D eigenvalue weighted by atomic mass is 32.1. The molecule has 98 valence electrons. The lowest BCUT2D eigenvalue weighted by Gasteiger charge is -2.04. The first-order valence-corrected chi connectivity index (χ1v) is 6.93. The lowest BCUT2D eigenvalue weighted by molar-refractivity contribution is 0.102. The molecule has 2 aromatic heterocycles. The first-order chi connectivity index (χ1) is 9.83. The zero-order valence-electron chi connectivity index (χ0n) is 10.5. The number of nitrogens with one attached hydrogen (secondary N) is 1. The molecule has 3 aromatic rings. The summed E-state index contributed by atoms with van der Waals surface area (Å²) in [6, 6.07) is 13.7. The summed E-state index contributed by atoms with van der Waals surface area (Å²) in [4.78, 5) is 20.0. The minimum atomic E-state index is -0.236. The van der Waals surface area contributed by atoms with Gasteiger partial charge >= 0.3 is 0 Å². The number of carbonyl (C=O) groups excluding carboxylic acids is 1. The largest absolute Gasteiger partial charge is 0.304 e. The van der Waals surface area contributed by atoms with E-state index in [0.29, 0.717) is 10.8 Å². The average molecular weight is 281 g/mol. The summed E-state index contributed by atoms with van der Waals surface area (Å²) in [6.07, 6.45) is 3.35. The third-order valence-electron chi connectivity index (χ3n) is 2.74. The van der Waals surface area contributed by atoms with Crippen molar-refractivity contribution in [3.8, 4) is 11.1 Å². The van der Waals surface area contributed by atoms with Crippen LogP contribution in [0.25, 0.3) is 11.1 Å². The number of amides is 1. The second kappa shape index (κ2) is 5.63. The van der Waals surface area contributed by atoms with E-state index >= 15 is 0 Å². The number of anilines is 1. The summed E-state index contributed by atoms with van der Waals surface area (Å²) in [5.74, 6) is 0.282. The first kappa shape index (κ1) is 12.5. The topological polar surface area (TPSA) is 54.9 Å². The summed E-state index contributed by atoms with van der Waals surface area (Å²) in [6.45, 7) is 0. The zero-order valence-corrected chi connectivity index (χ0v) is 11.3. The summed E-state index contributed by atoms with van der Waals surface area (Å²) in [5.41, 5.74) is 2.11. The number of hydrogen-bond donors (Lipinski definition) is 1. The highest BCUT2D eigenvalue weighted by Crippen LogP contribution is 2.19. The van der Waals surface area contributed by atoms with Crippen LogP contribution in [0.2, 0.25) is 0 Å². The Morgan fingerprint density at radius 3 is 2.50 bits per heavy atom. The van der Waals surface area contributed by atoms with E-state index in [0.717, 1.165) is 11.1 Å². The number of aromatic nitrogens is 2. The van der Waals surface area contributed by atoms with Crippen molar-refractivity contribution in [1.29, 1.82) is 0 Å². The average Bonchev–Trinajstić information content (AvgIpc) is 3.03. The van der Waals surface area contributed by atoms with Crippen LogP contribution >= 0.6 is 11.3 Å². The van der Waals surface area contributed by atoms with Crippen molar-refractivity contribution < 1.29 is 4.79 Å². The van der Waals surface area contributed by atoms with Gasteiger partial charge in [0.25, 0.3) is 5.91 Å². The molecular weight excluding hydrogens is 270 g/mol. The lowest BCUT2D eigenvalue weighted by atomic mass is 10.1. The molecular formula is C15H11N3OS. The minimum Gasteiger partial charge on any atom is -0.304 e. The van der Waals surface area contributed by atoms with Gasteiger partial charge in [-0.05, 0) is 17.7 Å². The van der Waals surface area contributed by atoms with Crippen molar-refractivity contribution >= 4 is 23.1 Å². The third kappa shape index (κ3) is 2.73. The van der Waals surface area contributed by atoms with Crippen LogP contribution in [-0.2, 0) is 0 Å². The van der Waals surface area contributed by atoms with E-state index in [9.17, 15) is 4.79 Å². The number of benzene rings is 1. The van der Waals surface area contributed by atoms with E-state index in [1.54, 1.807) is 23.8 Å². The Hall–Kier alpha value is -2.53. The number of thiazole rings is 1. The Labute approximate surface area is 120 Å². The van der Waals surface area contributed by atoms with Gasteiger partial charge in [0.05, 0.1) is 0 Å². The molecule has 0 aliphatic rings. The van der Waals surface area contributed by atoms with Gasteiger partial charge < -0.3 is 5.32 Å². The summed E-state index contributed by atoms with van der Waals surface area (Å²) >= 11 is 1.30. The maximum absolute atomic E-state index is 11.8. The second-order valence-electron chi connectivity index (χ2n) is 4.09. The molecule has 5 heteroatoms. The molecule has 1 N–H and O–H groups in total. The number of pyridine rings is 1. The van der Waals surface area contributed by atoms with Gasteiger partial charge in [-0.2, -0.15) is 0 Å². The molecule has 1 aromatic carbocycles. The van der Waals surface area contributed by atoms with Crippen molar-refractivity contribution in [2.75, 3.05) is 5.32 Å². The molecule has 0 radical (unpaired) electrons. The number of nitrogens with zero attached hydrogens (tertiary/aromatic N) is 2. The van der Waals surface area contributed by atoms with Crippen molar-refractivity contribution in [3.05, 3.63) is 65.2 Å². The Morgan fingerprint density at radius 1 is 1.00 bits per heavy atom. The Kier molecular flexibility index (Phi) is 3.52. The van der Waals surface area contributed by atoms with Crippen LogP contribution in [0.15, 0.2) is 60.2 Å². The van der Waals surface area contributed by atoms with Crippen LogP contribution < -0.4 is 5.32 Å². The molecule has 3 rings (SSSR count). The fourth-order valence-electron chi connectivity index (χ4n) is 1.77. The standard InChI is InChI=1S/C15H11N3OS/c19-14(15-16-8-9-20-15)18-13-7-6-12(10-17-13)11-4-2-1-3-5-11/h1-10H,(H,17,18,19). The highest BCUT2D eigenvalue weighted by molar-refractivity contribution is 7.11. The zero-order chi connectivity index (χ0) is 13.8. The molecule has 0 aliphatic heterocycles. The van der Waals surface area contributed by atoms with Crippen molar-refractivity contribution in [3.63, 3.8) is 0 Å². The van der Waals surface area contributed by atoms with Gasteiger partial charge in [0.1, 0.15) is 5.82 Å². The van der Waals surface area contributed by atoms with Gasteiger partial charge in [0.15, 0.2) is 5.01 Å². The third-order valence-corrected chi connectivity index (χ3v) is 3.51. The van der Waals surface area contributed by atoms with E-state index in [4.69, 9.17) is 0 Å². The Balaban J connectivity index is 1.75. The molecule has 20 heavy (non-hydrogen) atoms. The number of rotatable bonds is 3. The van der Waals surface area contributed by atoms with E-state index in [-0.39, 0.29) is 5.91 Å². The Morgan fingerprint density at radius 2 is 1.85 bits per heavy atom. The molecule has 2 heterocycles. The Bertz CT molecular complexity index is 694. The molecule has 1 amide bonds. The molecule has 0 unspecified atom stereocenters. The predicted octanol–water partition coefficient (Wildman–Crippen LogP) is 3.46. The lowest BCUT2D eigenvalue weighted by Crippen LogP contribution is -2.12. The van der Waals surface area contributed by atoms with Crippen LogP contribution in [0, 0.1) is 0 Å². The molecule has 0 spiro atoms. The molecule has 0 saturated carbocycles. The van der Waals surface area contributed by atoms with Gasteiger partial charge in [-0.15, -0.1) is 11.3 Å². The molecule has 0 saturated heterocycles. The smallest absolute Gasteiger partial charge is 0.285 e. The van der Waals surface area contributed by atoms with Gasteiger partial charge in [0.2, 0.25) is 0 Å². The minimum absolute atomic E-state index is 0.236. The fourth-order valence-corrected chi connectivity index (χ4v) is 2.30. The monoisotopic (exact) mass is 281 g/mol. The summed E-state index contributed by atoms with van der Waals surface area (Å²) in [5, 5.41) is 4.92. The van der Waals surface area contributed by atoms with Crippen LogP contribution in [0.3, 0.4) is 0 Å². The van der Waals surface area contributed by atoms with Gasteiger partial charge in [-0.1, -0.05) is 30.3 Å². The normalized spacial score (nSPS) is 10.2. The fraction of sp³-hybridized carbons (Fsp3) is 0. The van der Waals surface area contributed by atoms with Gasteiger partial charge in [-0.25, -0.2) is 9.97 Å². The first-order valence-electron chi connectivity index (χ1n) is 6.05. The predicted molar refractivity (Wildman–Crippen MR) is 79.7 cm³/mol. The van der Waals surface area contributed by atoms with Crippen LogP contribution in [0.1, 0.15) is 9.80 Å². The van der Waals surface area contributed by atoms with Crippen LogP contribution in [-0.4, -0.2) is 15.9 Å². The number of hydrogen-bond acceptors (Lipinski definition) is 4. The van der Waals surface area contributed by atoms with E-state index in [1.165, 1.54) is 11.3 Å². The second-order valence-corrected chi connectivity index (χ2v) is 4.98. The molecule has 4 nitrogen and oxygen atoms in total. The van der Waals surface area contributed by atoms with Crippen molar-refractivity contribution in [2.24, 2.45) is 0 Å². The summed E-state index contributed by atoms with van der Waals surface area (Å²) in [7, 11) is 0. The van der Waals surface area contributed by atoms with Crippen molar-refractivity contribution in [2.45, 2.75) is 0 Å². The molecule has 0 aliphatic carbocycles. The van der Waals surface area contributed by atoms with Gasteiger partial charge in [0, 0.05) is 23.3 Å². The van der Waals surface area contributed by atoms with Crippen LogP contribution in [0.4, 0.5) is 5.82 Å². The molecule has 0 atom stereocenters.